The molecular weight excluding hydrogens is 122 g/mol. The minimum absolute atomic E-state index is 0.120. The highest BCUT2D eigenvalue weighted by Crippen LogP contribution is 2.30. The van der Waals surface area contributed by atoms with E-state index in [2.05, 4.69) is 39.6 Å². The molecule has 0 unspecified atom stereocenters. The van der Waals surface area contributed by atoms with Crippen molar-refractivity contribution >= 4 is 0 Å². The Balaban J connectivity index is 4.43. The maximum Gasteiger partial charge on any atom is 0.0207 e. The summed E-state index contributed by atoms with van der Waals surface area (Å²) < 4.78 is 0. The molecule has 0 aromatic rings. The zero-order valence-electron chi connectivity index (χ0n) is 7.78. The zero-order valence-corrected chi connectivity index (χ0v) is 7.78. The van der Waals surface area contributed by atoms with E-state index in [0.29, 0.717) is 0 Å². The molecule has 1 heteroatoms. The molecule has 0 aliphatic rings. The van der Waals surface area contributed by atoms with E-state index >= 15 is 0 Å². The summed E-state index contributed by atoms with van der Waals surface area (Å²) in [5.74, 6) is 0. The molecule has 0 amide bonds. The van der Waals surface area contributed by atoms with Gasteiger partial charge in [0, 0.05) is 5.54 Å². The molecule has 0 spiro atoms. The summed E-state index contributed by atoms with van der Waals surface area (Å²) in [5.41, 5.74) is 0.260. The number of rotatable bonds is 3. The first-order chi connectivity index (χ1) is 4.37. The van der Waals surface area contributed by atoms with Crippen LogP contribution in [0, 0.1) is 5.41 Å². The number of hydrogen-bond acceptors (Lipinski definition) is 1. The van der Waals surface area contributed by atoms with E-state index in [-0.39, 0.29) is 11.0 Å². The van der Waals surface area contributed by atoms with Gasteiger partial charge in [0.05, 0.1) is 0 Å². The average Bonchev–Trinajstić information content (AvgIpc) is 1.88. The molecule has 0 saturated heterocycles. The standard InChI is InChI=1S/C9H19N/c1-7-8(2,3)9(4,5)10-6/h7,10H,1H2,2-6H3. The summed E-state index contributed by atoms with van der Waals surface area (Å²) >= 11 is 0. The van der Waals surface area contributed by atoms with Gasteiger partial charge in [0.1, 0.15) is 0 Å². The Kier molecular flexibility index (Phi) is 2.67. The first-order valence-corrected chi connectivity index (χ1v) is 3.70. The van der Waals surface area contributed by atoms with Gasteiger partial charge in [0.15, 0.2) is 0 Å². The van der Waals surface area contributed by atoms with Crippen LogP contribution in [-0.4, -0.2) is 12.6 Å². The van der Waals surface area contributed by atoms with Crippen LogP contribution < -0.4 is 5.32 Å². The topological polar surface area (TPSA) is 12.0 Å². The summed E-state index contributed by atoms with van der Waals surface area (Å²) in [7, 11) is 1.98. The molecule has 1 N–H and O–H groups in total. The predicted molar refractivity (Wildman–Crippen MR) is 47.1 cm³/mol. The lowest BCUT2D eigenvalue weighted by atomic mass is 9.75. The molecule has 0 aromatic heterocycles. The van der Waals surface area contributed by atoms with Gasteiger partial charge in [-0.25, -0.2) is 0 Å². The SMILES string of the molecule is C=CC(C)(C)C(C)(C)NC. The van der Waals surface area contributed by atoms with Crippen molar-refractivity contribution in [1.29, 1.82) is 0 Å². The van der Waals surface area contributed by atoms with E-state index < -0.39 is 0 Å². The van der Waals surface area contributed by atoms with Gasteiger partial charge < -0.3 is 5.32 Å². The van der Waals surface area contributed by atoms with Crippen LogP contribution in [0.25, 0.3) is 0 Å². The van der Waals surface area contributed by atoms with Gasteiger partial charge in [-0.05, 0) is 26.3 Å². The van der Waals surface area contributed by atoms with Crippen molar-refractivity contribution in [3.63, 3.8) is 0 Å². The maximum atomic E-state index is 3.81. The summed E-state index contributed by atoms with van der Waals surface area (Å²) in [5, 5.41) is 3.26. The Morgan fingerprint density at radius 3 is 1.70 bits per heavy atom. The van der Waals surface area contributed by atoms with E-state index in [4.69, 9.17) is 0 Å². The smallest absolute Gasteiger partial charge is 0.0207 e. The van der Waals surface area contributed by atoms with Crippen molar-refractivity contribution in [3.05, 3.63) is 12.7 Å². The zero-order chi connectivity index (χ0) is 8.41. The van der Waals surface area contributed by atoms with Crippen LogP contribution >= 0.6 is 0 Å². The Bertz CT molecular complexity index is 123. The van der Waals surface area contributed by atoms with Crippen LogP contribution in [0.1, 0.15) is 27.7 Å². The van der Waals surface area contributed by atoms with Gasteiger partial charge in [0.25, 0.3) is 0 Å². The highest BCUT2D eigenvalue weighted by molar-refractivity contribution is 5.02. The monoisotopic (exact) mass is 141 g/mol. The lowest BCUT2D eigenvalue weighted by Gasteiger charge is -2.39. The molecule has 0 radical (unpaired) electrons. The molecule has 60 valence electrons. The fourth-order valence-corrected chi connectivity index (χ4v) is 0.577. The van der Waals surface area contributed by atoms with Crippen LogP contribution in [0.2, 0.25) is 0 Å². The molecule has 1 nitrogen and oxygen atoms in total. The molecule has 0 rings (SSSR count). The van der Waals surface area contributed by atoms with E-state index in [1.165, 1.54) is 0 Å². The second-order valence-corrected chi connectivity index (χ2v) is 3.80. The van der Waals surface area contributed by atoms with Gasteiger partial charge in [-0.2, -0.15) is 0 Å². The second-order valence-electron chi connectivity index (χ2n) is 3.80. The summed E-state index contributed by atoms with van der Waals surface area (Å²) in [6, 6.07) is 0. The highest BCUT2D eigenvalue weighted by atomic mass is 14.9. The molecule has 0 aliphatic heterocycles. The van der Waals surface area contributed by atoms with Crippen molar-refractivity contribution in [1.82, 2.24) is 5.32 Å². The van der Waals surface area contributed by atoms with Gasteiger partial charge >= 0.3 is 0 Å². The fraction of sp³-hybridized carbons (Fsp3) is 0.778. The molecule has 0 bridgehead atoms. The van der Waals surface area contributed by atoms with Crippen molar-refractivity contribution in [2.24, 2.45) is 5.41 Å². The van der Waals surface area contributed by atoms with Gasteiger partial charge in [0.2, 0.25) is 0 Å². The predicted octanol–water partition coefficient (Wildman–Crippen LogP) is 2.20. The van der Waals surface area contributed by atoms with Crippen molar-refractivity contribution in [2.45, 2.75) is 33.2 Å². The summed E-state index contributed by atoms with van der Waals surface area (Å²) in [4.78, 5) is 0. The fourth-order valence-electron chi connectivity index (χ4n) is 0.577. The van der Waals surface area contributed by atoms with Crippen LogP contribution in [0.3, 0.4) is 0 Å². The van der Waals surface area contributed by atoms with E-state index in [1.54, 1.807) is 0 Å². The third-order valence-corrected chi connectivity index (χ3v) is 2.75. The van der Waals surface area contributed by atoms with Gasteiger partial charge in [-0.15, -0.1) is 6.58 Å². The van der Waals surface area contributed by atoms with Crippen molar-refractivity contribution in [2.75, 3.05) is 7.05 Å². The first kappa shape index (κ1) is 9.70. The quantitative estimate of drug-likeness (QED) is 0.594. The molecule has 0 heterocycles. The largest absolute Gasteiger partial charge is 0.314 e. The number of hydrogen-bond donors (Lipinski definition) is 1. The van der Waals surface area contributed by atoms with Crippen LogP contribution in [0.4, 0.5) is 0 Å². The molecule has 0 fully saturated rings. The van der Waals surface area contributed by atoms with Gasteiger partial charge in [-0.1, -0.05) is 19.9 Å². The maximum absolute atomic E-state index is 3.81. The van der Waals surface area contributed by atoms with E-state index in [1.807, 2.05) is 13.1 Å². The Morgan fingerprint density at radius 2 is 1.60 bits per heavy atom. The van der Waals surface area contributed by atoms with Crippen LogP contribution in [-0.2, 0) is 0 Å². The first-order valence-electron chi connectivity index (χ1n) is 3.70. The highest BCUT2D eigenvalue weighted by Gasteiger charge is 2.32. The Hall–Kier alpha value is -0.300. The lowest BCUT2D eigenvalue weighted by molar-refractivity contribution is 0.225. The van der Waals surface area contributed by atoms with Gasteiger partial charge in [-0.3, -0.25) is 0 Å². The lowest BCUT2D eigenvalue weighted by Crippen LogP contribution is -2.48. The molecular formula is C9H19N. The van der Waals surface area contributed by atoms with E-state index in [9.17, 15) is 0 Å². The van der Waals surface area contributed by atoms with E-state index in [0.717, 1.165) is 0 Å². The molecule has 0 atom stereocenters. The van der Waals surface area contributed by atoms with Crippen molar-refractivity contribution < 1.29 is 0 Å². The summed E-state index contributed by atoms with van der Waals surface area (Å²) in [6.07, 6.45) is 1.99. The third kappa shape index (κ3) is 1.60. The number of nitrogens with one attached hydrogen (secondary N) is 1. The van der Waals surface area contributed by atoms with Crippen molar-refractivity contribution in [3.8, 4) is 0 Å². The second kappa shape index (κ2) is 2.75. The molecule has 0 aliphatic carbocycles. The normalized spacial score (nSPS) is 13.3. The molecule has 10 heavy (non-hydrogen) atoms. The minimum atomic E-state index is 0.120. The van der Waals surface area contributed by atoms with Crippen LogP contribution in [0.15, 0.2) is 12.7 Å². The summed E-state index contributed by atoms with van der Waals surface area (Å²) in [6.45, 7) is 12.5. The molecule has 0 aromatic carbocycles. The Labute approximate surface area is 64.5 Å². The minimum Gasteiger partial charge on any atom is -0.314 e. The average molecular weight is 141 g/mol. The van der Waals surface area contributed by atoms with Crippen LogP contribution in [0.5, 0.6) is 0 Å². The third-order valence-electron chi connectivity index (χ3n) is 2.75. The Morgan fingerprint density at radius 1 is 1.20 bits per heavy atom. The molecule has 0 saturated carbocycles.